The predicted molar refractivity (Wildman–Crippen MR) is 94.3 cm³/mol. The molecular weight excluding hydrogens is 410 g/mol. The zero-order chi connectivity index (χ0) is 16.0. The minimum Gasteiger partial charge on any atom is -0.313 e. The van der Waals surface area contributed by atoms with Crippen LogP contribution in [0, 0.1) is 16.7 Å². The molecule has 2 fully saturated rings. The Labute approximate surface area is 147 Å². The molecule has 3 unspecified atom stereocenters. The molecule has 2 aliphatic rings. The fraction of sp³-hybridized carbons (Fsp3) is 0.529. The van der Waals surface area contributed by atoms with E-state index in [-0.39, 0.29) is 10.8 Å². The molecule has 3 nitrogen and oxygen atoms in total. The number of carbonyl (C=O) groups excluding carboxylic acids is 1. The molecule has 0 aromatic heterocycles. The molecule has 5 heteroatoms. The summed E-state index contributed by atoms with van der Waals surface area (Å²) in [6, 6.07) is 7.12. The maximum atomic E-state index is 12.1. The van der Waals surface area contributed by atoms with Crippen LogP contribution in [0.3, 0.4) is 0 Å². The third kappa shape index (κ3) is 2.37. The van der Waals surface area contributed by atoms with Crippen LogP contribution in [0.4, 0.5) is 0 Å². The SMILES string of the molecule is CC12CCC(CC1=NOC(=O)c1ccc(Br)cc1)C2(C)CBr. The van der Waals surface area contributed by atoms with Crippen LogP contribution in [0.25, 0.3) is 0 Å². The number of alkyl halides is 1. The Hall–Kier alpha value is -0.680. The number of hydrogen-bond acceptors (Lipinski definition) is 3. The van der Waals surface area contributed by atoms with Crippen LogP contribution in [0.2, 0.25) is 0 Å². The Balaban J connectivity index is 1.77. The number of fused-ring (bicyclic) bond motifs is 2. The molecule has 2 bridgehead atoms. The number of carbonyl (C=O) groups is 1. The van der Waals surface area contributed by atoms with Gasteiger partial charge in [0.15, 0.2) is 0 Å². The fourth-order valence-electron chi connectivity index (χ4n) is 3.91. The molecule has 2 saturated carbocycles. The molecule has 3 atom stereocenters. The number of rotatable bonds is 3. The van der Waals surface area contributed by atoms with Crippen LogP contribution in [-0.4, -0.2) is 17.0 Å². The quantitative estimate of drug-likeness (QED) is 0.377. The van der Waals surface area contributed by atoms with Crippen LogP contribution in [0.15, 0.2) is 33.9 Å². The van der Waals surface area contributed by atoms with Crippen molar-refractivity contribution in [1.82, 2.24) is 0 Å². The smallest absolute Gasteiger partial charge is 0.313 e. The topological polar surface area (TPSA) is 38.7 Å². The third-order valence-corrected chi connectivity index (χ3v) is 7.52. The molecule has 1 aromatic rings. The first-order chi connectivity index (χ1) is 10.4. The molecule has 0 amide bonds. The molecular formula is C17H19Br2NO2. The number of nitrogens with zero attached hydrogens (tertiary/aromatic N) is 1. The summed E-state index contributed by atoms with van der Waals surface area (Å²) >= 11 is 7.02. The van der Waals surface area contributed by atoms with Crippen LogP contribution < -0.4 is 0 Å². The van der Waals surface area contributed by atoms with Gasteiger partial charge in [0.1, 0.15) is 0 Å². The largest absolute Gasteiger partial charge is 0.365 e. The van der Waals surface area contributed by atoms with Gasteiger partial charge in [-0.1, -0.05) is 50.9 Å². The summed E-state index contributed by atoms with van der Waals surface area (Å²) in [5.74, 6) is 0.230. The van der Waals surface area contributed by atoms with Crippen molar-refractivity contribution in [2.75, 3.05) is 5.33 Å². The van der Waals surface area contributed by atoms with E-state index < -0.39 is 5.97 Å². The van der Waals surface area contributed by atoms with Crippen LogP contribution >= 0.6 is 31.9 Å². The van der Waals surface area contributed by atoms with Crippen molar-refractivity contribution < 1.29 is 9.63 Å². The van der Waals surface area contributed by atoms with Gasteiger partial charge < -0.3 is 4.84 Å². The Kier molecular flexibility index (Phi) is 4.23. The van der Waals surface area contributed by atoms with Gasteiger partial charge in [-0.15, -0.1) is 0 Å². The Morgan fingerprint density at radius 1 is 1.36 bits per heavy atom. The van der Waals surface area contributed by atoms with Crippen molar-refractivity contribution in [3.63, 3.8) is 0 Å². The molecule has 2 aliphatic carbocycles. The van der Waals surface area contributed by atoms with E-state index in [9.17, 15) is 4.79 Å². The van der Waals surface area contributed by atoms with Crippen molar-refractivity contribution >= 4 is 43.5 Å². The average Bonchev–Trinajstić information content (AvgIpc) is 2.89. The molecule has 0 saturated heterocycles. The maximum Gasteiger partial charge on any atom is 0.365 e. The van der Waals surface area contributed by atoms with Gasteiger partial charge >= 0.3 is 5.97 Å². The third-order valence-electron chi connectivity index (χ3n) is 5.83. The lowest BCUT2D eigenvalue weighted by Gasteiger charge is -2.36. The molecule has 0 heterocycles. The normalized spacial score (nSPS) is 35.1. The summed E-state index contributed by atoms with van der Waals surface area (Å²) in [5, 5.41) is 5.21. The lowest BCUT2D eigenvalue weighted by Crippen LogP contribution is -2.36. The highest BCUT2D eigenvalue weighted by Crippen LogP contribution is 2.64. The molecule has 0 N–H and O–H groups in total. The first kappa shape index (κ1) is 16.2. The summed E-state index contributed by atoms with van der Waals surface area (Å²) in [6.07, 6.45) is 3.29. The number of halogens is 2. The molecule has 0 radical (unpaired) electrons. The van der Waals surface area contributed by atoms with Gasteiger partial charge in [-0.25, -0.2) is 4.79 Å². The van der Waals surface area contributed by atoms with Crippen LogP contribution in [0.5, 0.6) is 0 Å². The van der Waals surface area contributed by atoms with E-state index in [1.54, 1.807) is 12.1 Å². The summed E-state index contributed by atoms with van der Waals surface area (Å²) in [4.78, 5) is 17.3. The Bertz CT molecular complexity index is 628. The molecule has 3 rings (SSSR count). The first-order valence-corrected chi connectivity index (χ1v) is 9.42. The van der Waals surface area contributed by atoms with Crippen molar-refractivity contribution in [2.45, 2.75) is 33.1 Å². The van der Waals surface area contributed by atoms with Gasteiger partial charge in [-0.3, -0.25) is 0 Å². The minimum atomic E-state index is -0.396. The fourth-order valence-corrected chi connectivity index (χ4v) is 5.25. The van der Waals surface area contributed by atoms with E-state index in [4.69, 9.17) is 4.84 Å². The number of benzene rings is 1. The number of oxime groups is 1. The molecule has 22 heavy (non-hydrogen) atoms. The summed E-state index contributed by atoms with van der Waals surface area (Å²) < 4.78 is 0.934. The summed E-state index contributed by atoms with van der Waals surface area (Å²) in [6.45, 7) is 4.58. The second-order valence-electron chi connectivity index (χ2n) is 6.75. The zero-order valence-electron chi connectivity index (χ0n) is 12.7. The summed E-state index contributed by atoms with van der Waals surface area (Å²) in [5.41, 5.74) is 1.79. The van der Waals surface area contributed by atoms with E-state index in [1.165, 1.54) is 6.42 Å². The van der Waals surface area contributed by atoms with Crippen molar-refractivity contribution in [3.8, 4) is 0 Å². The second kappa shape index (κ2) is 5.75. The van der Waals surface area contributed by atoms with Gasteiger partial charge in [-0.05, 0) is 54.9 Å². The zero-order valence-corrected chi connectivity index (χ0v) is 15.9. The van der Waals surface area contributed by atoms with Crippen molar-refractivity contribution in [3.05, 3.63) is 34.3 Å². The van der Waals surface area contributed by atoms with E-state index in [0.717, 1.165) is 28.4 Å². The van der Waals surface area contributed by atoms with E-state index in [1.807, 2.05) is 12.1 Å². The van der Waals surface area contributed by atoms with Gasteiger partial charge in [0.25, 0.3) is 0 Å². The molecule has 0 aliphatic heterocycles. The maximum absolute atomic E-state index is 12.1. The first-order valence-electron chi connectivity index (χ1n) is 7.51. The monoisotopic (exact) mass is 427 g/mol. The lowest BCUT2D eigenvalue weighted by molar-refractivity contribution is 0.0508. The van der Waals surface area contributed by atoms with Gasteiger partial charge in [-0.2, -0.15) is 0 Å². The standard InChI is InChI=1S/C17H19Br2NO2/c1-16-8-7-12(17(16,2)10-18)9-14(16)20-22-15(21)11-3-5-13(19)6-4-11/h3-6,12H,7-10H2,1-2H3. The van der Waals surface area contributed by atoms with E-state index in [2.05, 4.69) is 50.9 Å². The van der Waals surface area contributed by atoms with Crippen LogP contribution in [0.1, 0.15) is 43.5 Å². The van der Waals surface area contributed by atoms with E-state index >= 15 is 0 Å². The van der Waals surface area contributed by atoms with Crippen molar-refractivity contribution in [1.29, 1.82) is 0 Å². The Morgan fingerprint density at radius 3 is 2.64 bits per heavy atom. The molecule has 0 spiro atoms. The van der Waals surface area contributed by atoms with Crippen molar-refractivity contribution in [2.24, 2.45) is 21.9 Å². The highest BCUT2D eigenvalue weighted by molar-refractivity contribution is 9.10. The molecule has 118 valence electrons. The lowest BCUT2D eigenvalue weighted by atomic mass is 9.70. The van der Waals surface area contributed by atoms with Gasteiger partial charge in [0.2, 0.25) is 0 Å². The van der Waals surface area contributed by atoms with Gasteiger partial charge in [0, 0.05) is 15.2 Å². The number of hydrogen-bond donors (Lipinski definition) is 0. The average molecular weight is 429 g/mol. The molecule has 1 aromatic carbocycles. The highest BCUT2D eigenvalue weighted by Gasteiger charge is 2.62. The van der Waals surface area contributed by atoms with Crippen LogP contribution in [-0.2, 0) is 4.84 Å². The minimum absolute atomic E-state index is 0.0289. The summed E-state index contributed by atoms with van der Waals surface area (Å²) in [7, 11) is 0. The Morgan fingerprint density at radius 2 is 2.05 bits per heavy atom. The highest BCUT2D eigenvalue weighted by atomic mass is 79.9. The second-order valence-corrected chi connectivity index (χ2v) is 8.22. The van der Waals surface area contributed by atoms with Gasteiger partial charge in [0.05, 0.1) is 11.3 Å². The van der Waals surface area contributed by atoms with E-state index in [0.29, 0.717) is 11.5 Å². The predicted octanol–water partition coefficient (Wildman–Crippen LogP) is 5.18.